The fraction of sp³-hybridized carbons (Fsp3) is 0.350. The van der Waals surface area contributed by atoms with E-state index in [1.54, 1.807) is 86.3 Å². The van der Waals surface area contributed by atoms with Crippen molar-refractivity contribution in [2.45, 2.75) is 69.2 Å². The zero-order valence-electron chi connectivity index (χ0n) is 30.6. The monoisotopic (exact) mass is 774 g/mol. The van der Waals surface area contributed by atoms with Gasteiger partial charge < -0.3 is 19.9 Å². The highest BCUT2D eigenvalue weighted by atomic mass is 32.2. The maximum Gasteiger partial charge on any atom is 0.419 e. The van der Waals surface area contributed by atoms with Crippen molar-refractivity contribution in [1.29, 1.82) is 0 Å². The molecule has 7 rings (SSSR count). The third-order valence-corrected chi connectivity index (χ3v) is 11.4. The van der Waals surface area contributed by atoms with Gasteiger partial charge in [0.05, 0.1) is 16.1 Å². The van der Waals surface area contributed by atoms with E-state index in [1.165, 1.54) is 17.0 Å². The molecule has 2 aliphatic heterocycles. The van der Waals surface area contributed by atoms with Crippen molar-refractivity contribution in [3.05, 3.63) is 96.3 Å². The number of amides is 2. The Morgan fingerprint density at radius 3 is 2.29 bits per heavy atom. The molecule has 2 aromatic heterocycles. The topological polar surface area (TPSA) is 127 Å². The van der Waals surface area contributed by atoms with Crippen molar-refractivity contribution in [3.8, 4) is 22.4 Å². The van der Waals surface area contributed by atoms with Crippen LogP contribution >= 0.6 is 0 Å². The number of halogens is 3. The lowest BCUT2D eigenvalue weighted by molar-refractivity contribution is -0.137. The van der Waals surface area contributed by atoms with Crippen LogP contribution in [0.4, 0.5) is 23.9 Å². The lowest BCUT2D eigenvalue weighted by Gasteiger charge is -2.34. The number of aromatic nitrogens is 3. The Bertz CT molecular complexity index is 2350. The van der Waals surface area contributed by atoms with E-state index in [0.29, 0.717) is 55.4 Å². The van der Waals surface area contributed by atoms with E-state index in [9.17, 15) is 31.2 Å². The molecule has 2 saturated heterocycles. The Morgan fingerprint density at radius 2 is 1.58 bits per heavy atom. The SMILES string of the molecule is CC(C)(C)OC(=O)N1CCC[C@H](Nc2ncc(C(F)(F)F)c(-c3cn(S(=O)(=O)c4ccccc4)c4cc(-c5cccc(C(=O)N6CCCC6)c5)ccc34)n2)C1. The van der Waals surface area contributed by atoms with E-state index >= 15 is 0 Å². The Hall–Kier alpha value is -5.44. The number of fused-ring (bicyclic) bond motifs is 1. The van der Waals surface area contributed by atoms with Gasteiger partial charge in [0.1, 0.15) is 11.2 Å². The molecule has 0 unspecified atom stereocenters. The number of benzene rings is 3. The van der Waals surface area contributed by atoms with Crippen LogP contribution in [0.25, 0.3) is 33.3 Å². The molecule has 4 heterocycles. The molecule has 5 aromatic rings. The van der Waals surface area contributed by atoms with E-state index in [0.717, 1.165) is 23.0 Å². The number of ether oxygens (including phenoxy) is 1. The molecular weight excluding hydrogens is 734 g/mol. The zero-order valence-corrected chi connectivity index (χ0v) is 31.5. The van der Waals surface area contributed by atoms with Gasteiger partial charge in [0.2, 0.25) is 5.95 Å². The van der Waals surface area contributed by atoms with Crippen LogP contribution < -0.4 is 5.32 Å². The first kappa shape index (κ1) is 37.9. The minimum Gasteiger partial charge on any atom is -0.444 e. The molecule has 0 aliphatic carbocycles. The van der Waals surface area contributed by atoms with Gasteiger partial charge in [-0.15, -0.1) is 0 Å². The fourth-order valence-corrected chi connectivity index (χ4v) is 8.42. The number of rotatable bonds is 7. The van der Waals surface area contributed by atoms with E-state index in [4.69, 9.17) is 4.74 Å². The third kappa shape index (κ3) is 8.02. The van der Waals surface area contributed by atoms with Crippen LogP contribution in [0.5, 0.6) is 0 Å². The average molecular weight is 775 g/mol. The number of likely N-dealkylation sites (tertiary alicyclic amines) is 2. The lowest BCUT2D eigenvalue weighted by atomic mass is 9.99. The molecule has 2 fully saturated rings. The second-order valence-corrected chi connectivity index (χ2v) is 16.6. The van der Waals surface area contributed by atoms with Crippen LogP contribution in [-0.2, 0) is 20.9 Å². The maximum absolute atomic E-state index is 14.7. The first-order chi connectivity index (χ1) is 26.1. The fourth-order valence-electron chi connectivity index (χ4n) is 7.04. The number of nitrogens with zero attached hydrogens (tertiary/aromatic N) is 5. The summed E-state index contributed by atoms with van der Waals surface area (Å²) in [5.41, 5.74) is -0.636. The third-order valence-electron chi connectivity index (χ3n) is 9.66. The largest absolute Gasteiger partial charge is 0.444 e. The van der Waals surface area contributed by atoms with Crippen molar-refractivity contribution in [2.24, 2.45) is 0 Å². The number of hydrogen-bond donors (Lipinski definition) is 1. The van der Waals surface area contributed by atoms with Gasteiger partial charge in [-0.3, -0.25) is 4.79 Å². The molecule has 55 heavy (non-hydrogen) atoms. The predicted molar refractivity (Wildman–Crippen MR) is 202 cm³/mol. The normalized spacial score (nSPS) is 16.7. The van der Waals surface area contributed by atoms with Crippen LogP contribution in [0, 0.1) is 0 Å². The maximum atomic E-state index is 14.7. The molecule has 1 N–H and O–H groups in total. The predicted octanol–water partition coefficient (Wildman–Crippen LogP) is 8.07. The summed E-state index contributed by atoms with van der Waals surface area (Å²) in [6.07, 6.45) is -0.448. The first-order valence-corrected chi connectivity index (χ1v) is 19.6. The molecule has 2 aliphatic rings. The van der Waals surface area contributed by atoms with Gasteiger partial charge in [-0.2, -0.15) is 13.2 Å². The van der Waals surface area contributed by atoms with Crippen LogP contribution in [0.2, 0.25) is 0 Å². The Kier molecular flexibility index (Phi) is 10.1. The molecule has 2 amide bonds. The van der Waals surface area contributed by atoms with Crippen LogP contribution in [0.15, 0.2) is 90.1 Å². The van der Waals surface area contributed by atoms with Gasteiger partial charge in [-0.1, -0.05) is 42.5 Å². The molecular formula is C40H41F3N6O5S. The van der Waals surface area contributed by atoms with Crippen molar-refractivity contribution in [3.63, 3.8) is 0 Å². The highest BCUT2D eigenvalue weighted by Crippen LogP contribution is 2.41. The minimum absolute atomic E-state index is 0.0602. The van der Waals surface area contributed by atoms with E-state index < -0.39 is 39.2 Å². The second kappa shape index (κ2) is 14.7. The van der Waals surface area contributed by atoms with Gasteiger partial charge in [-0.25, -0.2) is 27.2 Å². The molecule has 3 aromatic carbocycles. The van der Waals surface area contributed by atoms with Crippen molar-refractivity contribution >= 4 is 38.9 Å². The number of carbonyl (C=O) groups is 2. The molecule has 15 heteroatoms. The number of hydrogen-bond acceptors (Lipinski definition) is 8. The van der Waals surface area contributed by atoms with E-state index in [2.05, 4.69) is 15.3 Å². The molecule has 11 nitrogen and oxygen atoms in total. The average Bonchev–Trinajstić information content (AvgIpc) is 3.83. The zero-order chi connectivity index (χ0) is 39.1. The molecule has 0 radical (unpaired) electrons. The van der Waals surface area contributed by atoms with Crippen LogP contribution in [-0.4, -0.2) is 82.0 Å². The van der Waals surface area contributed by atoms with E-state index in [1.807, 2.05) is 0 Å². The number of carbonyl (C=O) groups excluding carboxylic acids is 2. The minimum atomic E-state index is -4.89. The summed E-state index contributed by atoms with van der Waals surface area (Å²) in [4.78, 5) is 37.7. The van der Waals surface area contributed by atoms with Gasteiger partial charge in [0.25, 0.3) is 15.9 Å². The van der Waals surface area contributed by atoms with Gasteiger partial charge in [0.15, 0.2) is 0 Å². The van der Waals surface area contributed by atoms with Gasteiger partial charge in [-0.05, 0) is 87.9 Å². The highest BCUT2D eigenvalue weighted by Gasteiger charge is 2.37. The Balaban J connectivity index is 1.32. The first-order valence-electron chi connectivity index (χ1n) is 18.1. The van der Waals surface area contributed by atoms with Crippen molar-refractivity contribution < 1.29 is 35.9 Å². The smallest absolute Gasteiger partial charge is 0.419 e. The number of alkyl halides is 3. The molecule has 0 bridgehead atoms. The van der Waals surface area contributed by atoms with Crippen LogP contribution in [0.1, 0.15) is 62.4 Å². The lowest BCUT2D eigenvalue weighted by Crippen LogP contribution is -2.47. The summed E-state index contributed by atoms with van der Waals surface area (Å²) < 4.78 is 79.0. The summed E-state index contributed by atoms with van der Waals surface area (Å²) in [7, 11) is -4.33. The highest BCUT2D eigenvalue weighted by molar-refractivity contribution is 7.90. The summed E-state index contributed by atoms with van der Waals surface area (Å²) in [5.74, 6) is -0.210. The Morgan fingerprint density at radius 1 is 0.873 bits per heavy atom. The Labute approximate surface area is 317 Å². The summed E-state index contributed by atoms with van der Waals surface area (Å²) >= 11 is 0. The summed E-state index contributed by atoms with van der Waals surface area (Å²) in [5, 5.41) is 3.30. The van der Waals surface area contributed by atoms with Crippen molar-refractivity contribution in [1.82, 2.24) is 23.7 Å². The van der Waals surface area contributed by atoms with Crippen molar-refractivity contribution in [2.75, 3.05) is 31.5 Å². The van der Waals surface area contributed by atoms with E-state index in [-0.39, 0.29) is 45.8 Å². The molecule has 288 valence electrons. The van der Waals surface area contributed by atoms with Crippen LogP contribution in [0.3, 0.4) is 0 Å². The summed E-state index contributed by atoms with van der Waals surface area (Å²) in [6.45, 7) is 7.32. The number of anilines is 1. The molecule has 1 atom stereocenters. The number of nitrogens with one attached hydrogen (secondary N) is 1. The van der Waals surface area contributed by atoms with Gasteiger partial charge in [0, 0.05) is 61.1 Å². The standard InChI is InChI=1S/C40H41F3N6O5S/c1-39(2,3)54-38(51)48-20-10-13-29(24-48)45-37-44-23-33(40(41,42)43)35(46-37)32-25-49(55(52,53)30-14-5-4-6-15-30)34-22-27(16-17-31(32)34)26-11-9-12-28(21-26)36(50)47-18-7-8-19-47/h4-6,9,11-12,14-17,21-23,25,29H,7-8,10,13,18-20,24H2,1-3H3,(H,44,45,46)/t29-/m0/s1. The van der Waals surface area contributed by atoms with Gasteiger partial charge >= 0.3 is 12.3 Å². The summed E-state index contributed by atoms with van der Waals surface area (Å²) in [6, 6.07) is 19.1. The molecule has 0 spiro atoms. The molecule has 0 saturated carbocycles. The quantitative estimate of drug-likeness (QED) is 0.176. The second-order valence-electron chi connectivity index (χ2n) is 14.8. The number of piperidine rings is 1.